The number of carbonyl (C=O) groups is 1. The van der Waals surface area contributed by atoms with E-state index in [1.54, 1.807) is 4.68 Å². The Bertz CT molecular complexity index is 929. The molecule has 0 spiro atoms. The van der Waals surface area contributed by atoms with Crippen molar-refractivity contribution in [3.63, 3.8) is 0 Å². The molecule has 3 aromatic rings. The molecule has 26 heavy (non-hydrogen) atoms. The van der Waals surface area contributed by atoms with Gasteiger partial charge in [0.15, 0.2) is 0 Å². The minimum atomic E-state index is 0.150. The Labute approximate surface area is 151 Å². The van der Waals surface area contributed by atoms with Gasteiger partial charge in [0, 0.05) is 25.4 Å². The maximum Gasteiger partial charge on any atom is 0.224 e. The van der Waals surface area contributed by atoms with Crippen molar-refractivity contribution in [2.75, 3.05) is 13.1 Å². The van der Waals surface area contributed by atoms with Crippen molar-refractivity contribution in [3.8, 4) is 0 Å². The quantitative estimate of drug-likeness (QED) is 0.774. The van der Waals surface area contributed by atoms with Gasteiger partial charge in [-0.3, -0.25) is 4.79 Å². The third-order valence-electron chi connectivity index (χ3n) is 5.14. The van der Waals surface area contributed by atoms with E-state index >= 15 is 0 Å². The SMILES string of the molecule is Cc1cccc2[nH]c([C@H]3CCCN(C(=O)CCn4nnnc4C)C3)nc12. The number of nitrogens with zero attached hydrogens (tertiary/aromatic N) is 6. The lowest BCUT2D eigenvalue weighted by Crippen LogP contribution is -2.39. The zero-order chi connectivity index (χ0) is 18.1. The number of amides is 1. The van der Waals surface area contributed by atoms with Gasteiger partial charge >= 0.3 is 0 Å². The number of para-hydroxylation sites is 1. The van der Waals surface area contributed by atoms with E-state index in [1.807, 2.05) is 17.9 Å². The van der Waals surface area contributed by atoms with Gasteiger partial charge < -0.3 is 9.88 Å². The van der Waals surface area contributed by atoms with Gasteiger partial charge in [0.1, 0.15) is 11.6 Å². The van der Waals surface area contributed by atoms with Gasteiger partial charge in [-0.2, -0.15) is 0 Å². The second-order valence-corrected chi connectivity index (χ2v) is 6.97. The minimum absolute atomic E-state index is 0.150. The summed E-state index contributed by atoms with van der Waals surface area (Å²) in [6, 6.07) is 6.17. The number of nitrogens with one attached hydrogen (secondary N) is 1. The first kappa shape index (κ1) is 16.7. The van der Waals surface area contributed by atoms with E-state index in [0.29, 0.717) is 19.5 Å². The summed E-state index contributed by atoms with van der Waals surface area (Å²) in [6.45, 7) is 5.95. The molecule has 0 saturated carbocycles. The first-order valence-electron chi connectivity index (χ1n) is 9.07. The van der Waals surface area contributed by atoms with Crippen LogP contribution in [0.3, 0.4) is 0 Å². The number of hydrogen-bond donors (Lipinski definition) is 1. The zero-order valence-corrected chi connectivity index (χ0v) is 15.1. The molecule has 1 saturated heterocycles. The zero-order valence-electron chi connectivity index (χ0n) is 15.1. The van der Waals surface area contributed by atoms with Crippen LogP contribution in [0.1, 0.15) is 42.4 Å². The molecule has 2 aromatic heterocycles. The van der Waals surface area contributed by atoms with Crippen LogP contribution in [0.25, 0.3) is 11.0 Å². The van der Waals surface area contributed by atoms with Gasteiger partial charge in [0.25, 0.3) is 0 Å². The Morgan fingerprint density at radius 2 is 2.23 bits per heavy atom. The van der Waals surface area contributed by atoms with Gasteiger partial charge in [-0.1, -0.05) is 12.1 Å². The topological polar surface area (TPSA) is 92.6 Å². The number of fused-ring (bicyclic) bond motifs is 1. The summed E-state index contributed by atoms with van der Waals surface area (Å²) < 4.78 is 1.67. The largest absolute Gasteiger partial charge is 0.342 e. The van der Waals surface area contributed by atoms with E-state index in [0.717, 1.165) is 42.1 Å². The Morgan fingerprint density at radius 3 is 3.00 bits per heavy atom. The summed E-state index contributed by atoms with van der Waals surface area (Å²) >= 11 is 0. The molecule has 1 fully saturated rings. The summed E-state index contributed by atoms with van der Waals surface area (Å²) in [5.41, 5.74) is 3.27. The molecule has 0 bridgehead atoms. The van der Waals surface area contributed by atoms with Crippen LogP contribution in [0.15, 0.2) is 18.2 Å². The van der Waals surface area contributed by atoms with Crippen LogP contribution in [-0.4, -0.2) is 54.1 Å². The lowest BCUT2D eigenvalue weighted by atomic mass is 9.97. The van der Waals surface area contributed by atoms with E-state index in [1.165, 1.54) is 5.56 Å². The van der Waals surface area contributed by atoms with Crippen LogP contribution in [0.5, 0.6) is 0 Å². The van der Waals surface area contributed by atoms with E-state index < -0.39 is 0 Å². The maximum absolute atomic E-state index is 12.6. The molecule has 1 atom stereocenters. The maximum atomic E-state index is 12.6. The Hall–Kier alpha value is -2.77. The van der Waals surface area contributed by atoms with Crippen molar-refractivity contribution in [2.24, 2.45) is 0 Å². The monoisotopic (exact) mass is 353 g/mol. The lowest BCUT2D eigenvalue weighted by Gasteiger charge is -2.32. The van der Waals surface area contributed by atoms with Crippen molar-refractivity contribution < 1.29 is 4.79 Å². The molecule has 136 valence electrons. The Kier molecular flexibility index (Phi) is 4.40. The number of likely N-dealkylation sites (tertiary alicyclic amines) is 1. The summed E-state index contributed by atoms with van der Waals surface area (Å²) in [5.74, 6) is 2.13. The summed E-state index contributed by atoms with van der Waals surface area (Å²) in [4.78, 5) is 22.8. The predicted octanol–water partition coefficient (Wildman–Crippen LogP) is 1.96. The van der Waals surface area contributed by atoms with Gasteiger partial charge in [-0.05, 0) is 48.7 Å². The molecule has 3 heterocycles. The molecule has 0 unspecified atom stereocenters. The van der Waals surface area contributed by atoms with Crippen molar-refractivity contribution in [2.45, 2.75) is 45.6 Å². The first-order chi connectivity index (χ1) is 12.6. The molecular formula is C18H23N7O. The molecule has 0 radical (unpaired) electrons. The summed E-state index contributed by atoms with van der Waals surface area (Å²) in [5, 5.41) is 11.4. The third-order valence-corrected chi connectivity index (χ3v) is 5.14. The van der Waals surface area contributed by atoms with E-state index in [9.17, 15) is 4.79 Å². The Morgan fingerprint density at radius 1 is 1.35 bits per heavy atom. The fourth-order valence-corrected chi connectivity index (χ4v) is 3.63. The Balaban J connectivity index is 1.44. The van der Waals surface area contributed by atoms with Crippen LogP contribution < -0.4 is 0 Å². The van der Waals surface area contributed by atoms with Crippen molar-refractivity contribution in [3.05, 3.63) is 35.4 Å². The number of hydrogen-bond acceptors (Lipinski definition) is 5. The number of H-pyrrole nitrogens is 1. The lowest BCUT2D eigenvalue weighted by molar-refractivity contribution is -0.132. The fraction of sp³-hybridized carbons (Fsp3) is 0.500. The number of imidazole rings is 1. The molecular weight excluding hydrogens is 330 g/mol. The van der Waals surface area contributed by atoms with Crippen molar-refractivity contribution >= 4 is 16.9 Å². The van der Waals surface area contributed by atoms with E-state index in [2.05, 4.69) is 39.6 Å². The van der Waals surface area contributed by atoms with E-state index in [-0.39, 0.29) is 11.8 Å². The fourth-order valence-electron chi connectivity index (χ4n) is 3.63. The highest BCUT2D eigenvalue weighted by molar-refractivity contribution is 5.79. The predicted molar refractivity (Wildman–Crippen MR) is 96.6 cm³/mol. The molecule has 1 aromatic carbocycles. The van der Waals surface area contributed by atoms with Crippen molar-refractivity contribution in [1.29, 1.82) is 0 Å². The van der Waals surface area contributed by atoms with Crippen LogP contribution in [0.4, 0.5) is 0 Å². The third kappa shape index (κ3) is 3.18. The molecule has 4 rings (SSSR count). The number of carbonyl (C=O) groups excluding carboxylic acids is 1. The summed E-state index contributed by atoms with van der Waals surface area (Å²) in [7, 11) is 0. The molecule has 8 nitrogen and oxygen atoms in total. The van der Waals surface area contributed by atoms with Crippen LogP contribution in [0, 0.1) is 13.8 Å². The second kappa shape index (κ2) is 6.86. The van der Waals surface area contributed by atoms with Crippen LogP contribution in [-0.2, 0) is 11.3 Å². The second-order valence-electron chi connectivity index (χ2n) is 6.97. The van der Waals surface area contributed by atoms with Gasteiger partial charge in [-0.15, -0.1) is 5.10 Å². The van der Waals surface area contributed by atoms with E-state index in [4.69, 9.17) is 4.98 Å². The standard InChI is InChI=1S/C18H23N7O/c1-12-5-3-7-15-17(12)20-18(19-15)14-6-4-9-24(11-14)16(26)8-10-25-13(2)21-22-23-25/h3,5,7,14H,4,6,8-11H2,1-2H3,(H,19,20)/t14-/m0/s1. The number of aromatic amines is 1. The normalized spacial score (nSPS) is 17.8. The van der Waals surface area contributed by atoms with Gasteiger partial charge in [0.2, 0.25) is 5.91 Å². The summed E-state index contributed by atoms with van der Waals surface area (Å²) in [6.07, 6.45) is 2.46. The molecule has 8 heteroatoms. The molecule has 1 aliphatic heterocycles. The highest BCUT2D eigenvalue weighted by Crippen LogP contribution is 2.28. The highest BCUT2D eigenvalue weighted by Gasteiger charge is 2.26. The van der Waals surface area contributed by atoms with Gasteiger partial charge in [0.05, 0.1) is 17.6 Å². The highest BCUT2D eigenvalue weighted by atomic mass is 16.2. The smallest absolute Gasteiger partial charge is 0.224 e. The molecule has 1 amide bonds. The molecule has 1 N–H and O–H groups in total. The van der Waals surface area contributed by atoms with Crippen molar-refractivity contribution in [1.82, 2.24) is 35.1 Å². The average molecular weight is 353 g/mol. The number of aromatic nitrogens is 6. The number of tetrazole rings is 1. The molecule has 0 aliphatic carbocycles. The number of piperidine rings is 1. The number of benzene rings is 1. The van der Waals surface area contributed by atoms with Crippen LogP contribution >= 0.6 is 0 Å². The number of aryl methyl sites for hydroxylation is 3. The van der Waals surface area contributed by atoms with Gasteiger partial charge in [-0.25, -0.2) is 9.67 Å². The molecule has 1 aliphatic rings. The van der Waals surface area contributed by atoms with Crippen LogP contribution in [0.2, 0.25) is 0 Å². The minimum Gasteiger partial charge on any atom is -0.342 e. The first-order valence-corrected chi connectivity index (χ1v) is 9.07. The number of rotatable bonds is 4. The average Bonchev–Trinajstić information content (AvgIpc) is 3.27.